The predicted octanol–water partition coefficient (Wildman–Crippen LogP) is 2.70. The fourth-order valence-corrected chi connectivity index (χ4v) is 1.75. The molecule has 1 aliphatic rings. The molecule has 87 valence electrons. The summed E-state index contributed by atoms with van der Waals surface area (Å²) in [5.41, 5.74) is 2.27. The van der Waals surface area contributed by atoms with E-state index >= 15 is 0 Å². The lowest BCUT2D eigenvalue weighted by Gasteiger charge is -2.12. The van der Waals surface area contributed by atoms with E-state index in [0.717, 1.165) is 18.7 Å². The van der Waals surface area contributed by atoms with Gasteiger partial charge in [-0.2, -0.15) is 0 Å². The van der Waals surface area contributed by atoms with Crippen LogP contribution < -0.4 is 10.6 Å². The highest BCUT2D eigenvalue weighted by molar-refractivity contribution is 7.80. The minimum absolute atomic E-state index is 0.659. The molecule has 1 aromatic rings. The van der Waals surface area contributed by atoms with Gasteiger partial charge in [-0.1, -0.05) is 42.5 Å². The summed E-state index contributed by atoms with van der Waals surface area (Å²) in [6.07, 6.45) is 9.21. The van der Waals surface area contributed by atoms with E-state index in [0.29, 0.717) is 5.11 Å². The molecule has 1 aromatic carbocycles. The van der Waals surface area contributed by atoms with Crippen molar-refractivity contribution in [3.8, 4) is 0 Å². The van der Waals surface area contributed by atoms with Crippen LogP contribution in [0.5, 0.6) is 0 Å². The van der Waals surface area contributed by atoms with Gasteiger partial charge in [0.15, 0.2) is 5.11 Å². The Bertz CT molecular complexity index is 435. The van der Waals surface area contributed by atoms with Crippen molar-refractivity contribution in [2.45, 2.75) is 13.0 Å². The smallest absolute Gasteiger partial charge is 0.171 e. The van der Waals surface area contributed by atoms with Gasteiger partial charge in [0.1, 0.15) is 0 Å². The van der Waals surface area contributed by atoms with Crippen LogP contribution in [0.4, 0.5) is 0 Å². The van der Waals surface area contributed by atoms with Crippen molar-refractivity contribution in [1.29, 1.82) is 0 Å². The lowest BCUT2D eigenvalue weighted by Crippen LogP contribution is -2.34. The highest BCUT2D eigenvalue weighted by Gasteiger charge is 2.00. The second-order valence-corrected chi connectivity index (χ2v) is 4.19. The van der Waals surface area contributed by atoms with E-state index in [4.69, 9.17) is 12.2 Å². The van der Waals surface area contributed by atoms with Crippen molar-refractivity contribution < 1.29 is 0 Å². The molecule has 17 heavy (non-hydrogen) atoms. The maximum Gasteiger partial charge on any atom is 0.171 e. The molecule has 0 fully saturated rings. The SMILES string of the molecule is S=C(NCc1ccccc1)NC1=CC[CH]C=C1. The fourth-order valence-electron chi connectivity index (χ4n) is 1.56. The molecule has 0 heterocycles. The Balaban J connectivity index is 1.78. The summed E-state index contributed by atoms with van der Waals surface area (Å²) in [7, 11) is 0. The van der Waals surface area contributed by atoms with E-state index < -0.39 is 0 Å². The summed E-state index contributed by atoms with van der Waals surface area (Å²) in [5.74, 6) is 0. The third-order valence-electron chi connectivity index (χ3n) is 2.44. The van der Waals surface area contributed by atoms with E-state index in [9.17, 15) is 0 Å². The monoisotopic (exact) mass is 243 g/mol. The van der Waals surface area contributed by atoms with Crippen LogP contribution in [0.25, 0.3) is 0 Å². The van der Waals surface area contributed by atoms with E-state index in [1.54, 1.807) is 0 Å². The normalized spacial score (nSPS) is 14.0. The quantitative estimate of drug-likeness (QED) is 0.798. The van der Waals surface area contributed by atoms with E-state index in [-0.39, 0.29) is 0 Å². The Morgan fingerprint density at radius 3 is 2.76 bits per heavy atom. The average molecular weight is 243 g/mol. The molecular formula is C14H15N2S. The van der Waals surface area contributed by atoms with Gasteiger partial charge in [0.2, 0.25) is 0 Å². The first-order chi connectivity index (χ1) is 8.34. The van der Waals surface area contributed by atoms with Crippen LogP contribution in [0, 0.1) is 6.42 Å². The van der Waals surface area contributed by atoms with Gasteiger partial charge in [-0.05, 0) is 36.7 Å². The molecule has 2 rings (SSSR count). The Kier molecular flexibility index (Phi) is 4.33. The second-order valence-electron chi connectivity index (χ2n) is 3.78. The summed E-state index contributed by atoms with van der Waals surface area (Å²) in [6, 6.07) is 10.2. The molecule has 2 N–H and O–H groups in total. The first-order valence-corrected chi connectivity index (χ1v) is 6.04. The Labute approximate surface area is 107 Å². The van der Waals surface area contributed by atoms with Gasteiger partial charge in [-0.3, -0.25) is 0 Å². The first-order valence-electron chi connectivity index (χ1n) is 5.63. The first kappa shape index (κ1) is 11.9. The van der Waals surface area contributed by atoms with E-state index in [1.165, 1.54) is 5.56 Å². The summed E-state index contributed by atoms with van der Waals surface area (Å²) in [5, 5.41) is 7.00. The number of thiocarbonyl (C=S) groups is 1. The van der Waals surface area contributed by atoms with Crippen molar-refractivity contribution in [2.75, 3.05) is 0 Å². The van der Waals surface area contributed by atoms with Gasteiger partial charge in [-0.15, -0.1) is 0 Å². The summed E-state index contributed by atoms with van der Waals surface area (Å²) in [4.78, 5) is 0. The van der Waals surface area contributed by atoms with E-state index in [1.807, 2.05) is 30.4 Å². The molecule has 1 radical (unpaired) electrons. The molecule has 0 aromatic heterocycles. The highest BCUT2D eigenvalue weighted by Crippen LogP contribution is 2.05. The molecule has 1 aliphatic carbocycles. The van der Waals surface area contributed by atoms with Gasteiger partial charge in [-0.25, -0.2) is 0 Å². The van der Waals surface area contributed by atoms with Gasteiger partial charge in [0, 0.05) is 12.2 Å². The van der Waals surface area contributed by atoms with Gasteiger partial charge >= 0.3 is 0 Å². The lowest BCUT2D eigenvalue weighted by atomic mass is 10.1. The van der Waals surface area contributed by atoms with Crippen molar-refractivity contribution in [3.63, 3.8) is 0 Å². The van der Waals surface area contributed by atoms with Crippen molar-refractivity contribution in [3.05, 3.63) is 66.2 Å². The maximum absolute atomic E-state index is 5.23. The predicted molar refractivity (Wildman–Crippen MR) is 75.2 cm³/mol. The molecule has 0 unspecified atom stereocenters. The van der Waals surface area contributed by atoms with Crippen LogP contribution >= 0.6 is 12.2 Å². The van der Waals surface area contributed by atoms with E-state index in [2.05, 4.69) is 35.3 Å². The number of rotatable bonds is 3. The number of hydrogen-bond acceptors (Lipinski definition) is 1. The largest absolute Gasteiger partial charge is 0.358 e. The number of benzene rings is 1. The third kappa shape index (κ3) is 4.04. The molecule has 0 atom stereocenters. The topological polar surface area (TPSA) is 24.1 Å². The minimum Gasteiger partial charge on any atom is -0.358 e. The zero-order valence-electron chi connectivity index (χ0n) is 9.52. The van der Waals surface area contributed by atoms with Crippen LogP contribution in [0.2, 0.25) is 0 Å². The molecule has 0 spiro atoms. The van der Waals surface area contributed by atoms with Gasteiger partial charge < -0.3 is 10.6 Å². The second kappa shape index (κ2) is 6.21. The molecule has 2 nitrogen and oxygen atoms in total. The Morgan fingerprint density at radius 1 is 1.24 bits per heavy atom. The van der Waals surface area contributed by atoms with Gasteiger partial charge in [0.25, 0.3) is 0 Å². The van der Waals surface area contributed by atoms with Crippen molar-refractivity contribution in [2.24, 2.45) is 0 Å². The standard InChI is InChI=1S/C14H15N2S/c17-14(16-13-9-5-2-6-10-13)15-11-12-7-3-1-4-8-12/h1-5,7-10H,6,11H2,(H2,15,16,17). The number of allylic oxidation sites excluding steroid dienone is 3. The van der Waals surface area contributed by atoms with Crippen LogP contribution in [-0.2, 0) is 6.54 Å². The van der Waals surface area contributed by atoms with Crippen LogP contribution in [-0.4, -0.2) is 5.11 Å². The van der Waals surface area contributed by atoms with Crippen molar-refractivity contribution in [1.82, 2.24) is 10.6 Å². The summed E-state index contributed by atoms with van der Waals surface area (Å²) in [6.45, 7) is 0.746. The zero-order chi connectivity index (χ0) is 11.9. The van der Waals surface area contributed by atoms with Crippen molar-refractivity contribution >= 4 is 17.3 Å². The molecule has 0 aliphatic heterocycles. The number of nitrogens with one attached hydrogen (secondary N) is 2. The zero-order valence-corrected chi connectivity index (χ0v) is 10.3. The van der Waals surface area contributed by atoms with Crippen LogP contribution in [0.1, 0.15) is 12.0 Å². The summed E-state index contributed by atoms with van der Waals surface area (Å²) >= 11 is 5.23. The molecule has 0 amide bonds. The molecule has 0 saturated carbocycles. The molecule has 0 bridgehead atoms. The van der Waals surface area contributed by atoms with Crippen LogP contribution in [0.3, 0.4) is 0 Å². The maximum atomic E-state index is 5.23. The number of hydrogen-bond donors (Lipinski definition) is 2. The molecule has 0 saturated heterocycles. The lowest BCUT2D eigenvalue weighted by molar-refractivity contribution is 0.891. The highest BCUT2D eigenvalue weighted by atomic mass is 32.1. The van der Waals surface area contributed by atoms with Gasteiger partial charge in [0.05, 0.1) is 0 Å². The fraction of sp³-hybridized carbons (Fsp3) is 0.143. The minimum atomic E-state index is 0.659. The Morgan fingerprint density at radius 2 is 2.06 bits per heavy atom. The molecular weight excluding hydrogens is 228 g/mol. The summed E-state index contributed by atoms with van der Waals surface area (Å²) < 4.78 is 0. The van der Waals surface area contributed by atoms with Crippen LogP contribution in [0.15, 0.2) is 54.3 Å². The Hall–Kier alpha value is -1.61. The average Bonchev–Trinajstić information content (AvgIpc) is 2.39. The molecule has 3 heteroatoms. The third-order valence-corrected chi connectivity index (χ3v) is 2.69.